The van der Waals surface area contributed by atoms with Gasteiger partial charge in [-0.15, -0.1) is 0 Å². The Morgan fingerprint density at radius 3 is 2.35 bits per heavy atom. The maximum absolute atomic E-state index is 13.1. The van der Waals surface area contributed by atoms with Crippen molar-refractivity contribution in [1.82, 2.24) is 0 Å². The number of amides is 1. The van der Waals surface area contributed by atoms with Crippen molar-refractivity contribution in [2.45, 2.75) is 13.8 Å². The van der Waals surface area contributed by atoms with Crippen molar-refractivity contribution in [3.05, 3.63) is 93.7 Å². The Morgan fingerprint density at radius 2 is 1.65 bits per heavy atom. The molecule has 0 aliphatic heterocycles. The number of ether oxygens (including phenoxy) is 1. The molecule has 0 aliphatic carbocycles. The molecule has 0 unspecified atom stereocenters. The van der Waals surface area contributed by atoms with E-state index in [1.54, 1.807) is 36.4 Å². The molecule has 0 atom stereocenters. The Labute approximate surface area is 188 Å². The molecule has 0 radical (unpaired) electrons. The molecule has 6 heteroatoms. The third-order valence-corrected chi connectivity index (χ3v) is 5.27. The van der Waals surface area contributed by atoms with E-state index in [0.717, 1.165) is 15.6 Å². The zero-order valence-electron chi connectivity index (χ0n) is 17.1. The van der Waals surface area contributed by atoms with Gasteiger partial charge in [0.05, 0.1) is 5.69 Å². The SMILES string of the molecule is Cc1cc(C)cc(OCC(=O)Nc2c(C(=O)c3ccc(Br)cc3)oc3ccccc23)c1. The number of furan rings is 1. The molecular weight excluding hydrogens is 458 g/mol. The van der Waals surface area contributed by atoms with E-state index in [0.29, 0.717) is 28.0 Å². The van der Waals surface area contributed by atoms with Gasteiger partial charge in [-0.2, -0.15) is 0 Å². The van der Waals surface area contributed by atoms with Crippen LogP contribution in [0.5, 0.6) is 5.75 Å². The fraction of sp³-hybridized carbons (Fsp3) is 0.120. The average molecular weight is 478 g/mol. The lowest BCUT2D eigenvalue weighted by atomic mass is 10.1. The first-order chi connectivity index (χ1) is 14.9. The van der Waals surface area contributed by atoms with Crippen LogP contribution < -0.4 is 10.1 Å². The molecule has 4 rings (SSSR count). The van der Waals surface area contributed by atoms with Gasteiger partial charge in [0.15, 0.2) is 12.4 Å². The number of benzene rings is 3. The van der Waals surface area contributed by atoms with Gasteiger partial charge in [0.1, 0.15) is 11.3 Å². The Balaban J connectivity index is 1.60. The van der Waals surface area contributed by atoms with Gasteiger partial charge in [0.25, 0.3) is 5.91 Å². The number of carbonyl (C=O) groups excluding carboxylic acids is 2. The lowest BCUT2D eigenvalue weighted by Crippen LogP contribution is -2.21. The number of aryl methyl sites for hydroxylation is 2. The van der Waals surface area contributed by atoms with E-state index in [1.807, 2.05) is 44.2 Å². The number of carbonyl (C=O) groups is 2. The Morgan fingerprint density at radius 1 is 0.968 bits per heavy atom. The molecule has 1 amide bonds. The molecule has 0 spiro atoms. The van der Waals surface area contributed by atoms with Gasteiger partial charge >= 0.3 is 0 Å². The summed E-state index contributed by atoms with van der Waals surface area (Å²) in [6, 6.07) is 20.0. The number of hydrogen-bond acceptors (Lipinski definition) is 4. The first-order valence-electron chi connectivity index (χ1n) is 9.73. The molecule has 5 nitrogen and oxygen atoms in total. The van der Waals surface area contributed by atoms with Crippen LogP contribution in [0.1, 0.15) is 27.2 Å². The number of anilines is 1. The highest BCUT2D eigenvalue weighted by Gasteiger charge is 2.23. The van der Waals surface area contributed by atoms with Crippen molar-refractivity contribution in [2.75, 3.05) is 11.9 Å². The molecule has 1 N–H and O–H groups in total. The summed E-state index contributed by atoms with van der Waals surface area (Å²) in [5.74, 6) is 0.0175. The van der Waals surface area contributed by atoms with Crippen molar-refractivity contribution in [1.29, 1.82) is 0 Å². The monoisotopic (exact) mass is 477 g/mol. The van der Waals surface area contributed by atoms with Gasteiger partial charge in [-0.25, -0.2) is 0 Å². The van der Waals surface area contributed by atoms with Crippen molar-refractivity contribution < 1.29 is 18.7 Å². The summed E-state index contributed by atoms with van der Waals surface area (Å²) in [7, 11) is 0. The van der Waals surface area contributed by atoms with E-state index in [-0.39, 0.29) is 24.1 Å². The Bertz CT molecular complexity index is 1250. The second-order valence-corrected chi connectivity index (χ2v) is 8.21. The van der Waals surface area contributed by atoms with Gasteiger partial charge in [-0.3, -0.25) is 9.59 Å². The van der Waals surface area contributed by atoms with Crippen LogP contribution in [-0.4, -0.2) is 18.3 Å². The minimum atomic E-state index is -0.379. The van der Waals surface area contributed by atoms with Crippen molar-refractivity contribution in [2.24, 2.45) is 0 Å². The van der Waals surface area contributed by atoms with Crippen LogP contribution in [0, 0.1) is 13.8 Å². The van der Waals surface area contributed by atoms with Crippen LogP contribution in [0.15, 0.2) is 75.6 Å². The predicted octanol–water partition coefficient (Wildman–Crippen LogP) is 6.06. The molecule has 1 heterocycles. The summed E-state index contributed by atoms with van der Waals surface area (Å²) in [6.07, 6.45) is 0. The molecule has 0 bridgehead atoms. The minimum absolute atomic E-state index is 0.0864. The fourth-order valence-electron chi connectivity index (χ4n) is 3.40. The summed E-state index contributed by atoms with van der Waals surface area (Å²) >= 11 is 3.37. The number of ketones is 1. The third kappa shape index (κ3) is 4.70. The molecule has 31 heavy (non-hydrogen) atoms. The third-order valence-electron chi connectivity index (χ3n) is 4.74. The van der Waals surface area contributed by atoms with Crippen LogP contribution in [0.4, 0.5) is 5.69 Å². The maximum atomic E-state index is 13.1. The van der Waals surface area contributed by atoms with Gasteiger partial charge in [-0.05, 0) is 73.5 Å². The number of rotatable bonds is 6. The van der Waals surface area contributed by atoms with E-state index in [9.17, 15) is 9.59 Å². The fourth-order valence-corrected chi connectivity index (χ4v) is 3.67. The predicted molar refractivity (Wildman–Crippen MR) is 124 cm³/mol. The van der Waals surface area contributed by atoms with E-state index < -0.39 is 0 Å². The second kappa shape index (κ2) is 8.78. The Hall–Kier alpha value is -3.38. The van der Waals surface area contributed by atoms with Crippen LogP contribution in [-0.2, 0) is 4.79 Å². The van der Waals surface area contributed by atoms with Crippen molar-refractivity contribution >= 4 is 44.3 Å². The highest BCUT2D eigenvalue weighted by molar-refractivity contribution is 9.10. The van der Waals surface area contributed by atoms with Crippen molar-refractivity contribution in [3.63, 3.8) is 0 Å². The van der Waals surface area contributed by atoms with E-state index in [1.165, 1.54) is 0 Å². The average Bonchev–Trinajstić information content (AvgIpc) is 3.10. The molecule has 1 aromatic heterocycles. The molecule has 4 aromatic rings. The Kier molecular flexibility index (Phi) is 5.91. The number of nitrogens with one attached hydrogen (secondary N) is 1. The quantitative estimate of drug-likeness (QED) is 0.342. The summed E-state index contributed by atoms with van der Waals surface area (Å²) in [5.41, 5.74) is 3.44. The molecule has 156 valence electrons. The zero-order chi connectivity index (χ0) is 22.0. The first-order valence-corrected chi connectivity index (χ1v) is 10.5. The minimum Gasteiger partial charge on any atom is -0.484 e. The topological polar surface area (TPSA) is 68.5 Å². The van der Waals surface area contributed by atoms with E-state index >= 15 is 0 Å². The second-order valence-electron chi connectivity index (χ2n) is 7.30. The lowest BCUT2D eigenvalue weighted by molar-refractivity contribution is -0.118. The lowest BCUT2D eigenvalue weighted by Gasteiger charge is -2.09. The number of hydrogen-bond donors (Lipinski definition) is 1. The van der Waals surface area contributed by atoms with Gasteiger partial charge < -0.3 is 14.5 Å². The largest absolute Gasteiger partial charge is 0.484 e. The highest BCUT2D eigenvalue weighted by Crippen LogP contribution is 2.32. The molecule has 0 aliphatic rings. The highest BCUT2D eigenvalue weighted by atomic mass is 79.9. The number of para-hydroxylation sites is 1. The summed E-state index contributed by atoms with van der Waals surface area (Å²) in [4.78, 5) is 25.8. The van der Waals surface area contributed by atoms with Gasteiger partial charge in [-0.1, -0.05) is 34.1 Å². The van der Waals surface area contributed by atoms with Crippen LogP contribution >= 0.6 is 15.9 Å². The normalized spacial score (nSPS) is 10.8. The van der Waals surface area contributed by atoms with Gasteiger partial charge in [0.2, 0.25) is 5.78 Å². The van der Waals surface area contributed by atoms with Crippen LogP contribution in [0.2, 0.25) is 0 Å². The molecule has 0 saturated heterocycles. The van der Waals surface area contributed by atoms with Crippen molar-refractivity contribution in [3.8, 4) is 5.75 Å². The first kappa shape index (κ1) is 20.9. The molecule has 0 fully saturated rings. The number of fused-ring (bicyclic) bond motifs is 1. The van der Waals surface area contributed by atoms with Crippen LogP contribution in [0.25, 0.3) is 11.0 Å². The standard InChI is InChI=1S/C25H20BrNO4/c1-15-11-16(2)13-19(12-15)30-14-22(28)27-23-20-5-3-4-6-21(20)31-25(23)24(29)17-7-9-18(26)10-8-17/h3-13H,14H2,1-2H3,(H,27,28). The smallest absolute Gasteiger partial charge is 0.262 e. The molecule has 0 saturated carbocycles. The molecule has 3 aromatic carbocycles. The van der Waals surface area contributed by atoms with E-state index in [4.69, 9.17) is 9.15 Å². The summed E-state index contributed by atoms with van der Waals surface area (Å²) in [5, 5.41) is 3.46. The summed E-state index contributed by atoms with van der Waals surface area (Å²) in [6.45, 7) is 3.75. The zero-order valence-corrected chi connectivity index (χ0v) is 18.7. The van der Waals surface area contributed by atoms with Crippen LogP contribution in [0.3, 0.4) is 0 Å². The maximum Gasteiger partial charge on any atom is 0.262 e. The van der Waals surface area contributed by atoms with E-state index in [2.05, 4.69) is 21.2 Å². The number of halogens is 1. The molecular formula is C25H20BrNO4. The summed E-state index contributed by atoms with van der Waals surface area (Å²) < 4.78 is 12.3. The van der Waals surface area contributed by atoms with Gasteiger partial charge in [0, 0.05) is 15.4 Å².